The van der Waals surface area contributed by atoms with E-state index in [9.17, 15) is 0 Å². The fourth-order valence-corrected chi connectivity index (χ4v) is 5.23. The third-order valence-corrected chi connectivity index (χ3v) is 7.11. The Labute approximate surface area is 215 Å². The van der Waals surface area contributed by atoms with E-state index in [1.165, 1.54) is 16.7 Å². The van der Waals surface area contributed by atoms with Crippen molar-refractivity contribution in [3.8, 4) is 17.2 Å². The molecule has 0 atom stereocenters. The zero-order valence-corrected chi connectivity index (χ0v) is 21.0. The second kappa shape index (κ2) is 12.3. The molecule has 36 heavy (non-hydrogen) atoms. The normalized spacial score (nSPS) is 15.0. The minimum Gasteiger partial charge on any atom is -0.490 e. The van der Waals surface area contributed by atoms with Gasteiger partial charge in [-0.1, -0.05) is 74.4 Å². The molecule has 0 amide bonds. The van der Waals surface area contributed by atoms with Gasteiger partial charge in [0.2, 0.25) is 0 Å². The number of hydrogen-bond acceptors (Lipinski definition) is 3. The lowest BCUT2D eigenvalue weighted by atomic mass is 9.62. The zero-order chi connectivity index (χ0) is 25.2. The van der Waals surface area contributed by atoms with Crippen molar-refractivity contribution in [2.75, 3.05) is 19.8 Å². The van der Waals surface area contributed by atoms with E-state index in [2.05, 4.69) is 92.5 Å². The predicted octanol–water partition coefficient (Wildman–Crippen LogP) is 8.02. The van der Waals surface area contributed by atoms with Crippen LogP contribution in [0.2, 0.25) is 0 Å². The highest BCUT2D eigenvalue weighted by Crippen LogP contribution is 2.49. The maximum absolute atomic E-state index is 5.74. The lowest BCUT2D eigenvalue weighted by Crippen LogP contribution is -2.32. The molecule has 1 aliphatic carbocycles. The van der Waals surface area contributed by atoms with Crippen LogP contribution in [0.25, 0.3) is 0 Å². The van der Waals surface area contributed by atoms with Crippen molar-refractivity contribution in [2.24, 2.45) is 0 Å². The minimum atomic E-state index is -0.0442. The largest absolute Gasteiger partial charge is 0.490 e. The molecule has 1 saturated carbocycles. The predicted molar refractivity (Wildman–Crippen MR) is 148 cm³/mol. The molecule has 0 N–H and O–H groups in total. The van der Waals surface area contributed by atoms with Gasteiger partial charge in [0, 0.05) is 5.41 Å². The Kier molecular flexibility index (Phi) is 8.67. The SMILES string of the molecule is C=CCOc1ccc(C2CCC(c3ccc(OCC=C)cc3)(c3ccc(OCC=C)cc3)CC2)cc1. The van der Waals surface area contributed by atoms with Gasteiger partial charge in [0.15, 0.2) is 0 Å². The van der Waals surface area contributed by atoms with Gasteiger partial charge in [-0.15, -0.1) is 0 Å². The molecule has 0 heterocycles. The van der Waals surface area contributed by atoms with Gasteiger partial charge in [-0.25, -0.2) is 0 Å². The van der Waals surface area contributed by atoms with E-state index in [4.69, 9.17) is 14.2 Å². The summed E-state index contributed by atoms with van der Waals surface area (Å²) in [4.78, 5) is 0. The second-order valence-electron chi connectivity index (χ2n) is 9.27. The first kappa shape index (κ1) is 25.4. The van der Waals surface area contributed by atoms with Crippen LogP contribution in [0.4, 0.5) is 0 Å². The highest BCUT2D eigenvalue weighted by Gasteiger charge is 2.38. The van der Waals surface area contributed by atoms with Crippen LogP contribution < -0.4 is 14.2 Å². The first-order valence-corrected chi connectivity index (χ1v) is 12.7. The lowest BCUT2D eigenvalue weighted by Gasteiger charge is -2.41. The molecular formula is C33H36O3. The van der Waals surface area contributed by atoms with Gasteiger partial charge >= 0.3 is 0 Å². The average molecular weight is 481 g/mol. The van der Waals surface area contributed by atoms with E-state index in [0.29, 0.717) is 25.7 Å². The van der Waals surface area contributed by atoms with Gasteiger partial charge in [-0.05, 0) is 84.7 Å². The zero-order valence-electron chi connectivity index (χ0n) is 21.0. The van der Waals surface area contributed by atoms with E-state index in [-0.39, 0.29) is 5.41 Å². The third kappa shape index (κ3) is 5.91. The van der Waals surface area contributed by atoms with Crippen LogP contribution >= 0.6 is 0 Å². The number of benzene rings is 3. The average Bonchev–Trinajstić information content (AvgIpc) is 2.95. The quantitative estimate of drug-likeness (QED) is 0.246. The Morgan fingerprint density at radius 1 is 0.583 bits per heavy atom. The lowest BCUT2D eigenvalue weighted by molar-refractivity contribution is 0.313. The molecule has 0 aromatic heterocycles. The van der Waals surface area contributed by atoms with Gasteiger partial charge in [0.05, 0.1) is 0 Å². The van der Waals surface area contributed by atoms with Crippen LogP contribution in [-0.2, 0) is 5.41 Å². The molecule has 1 fully saturated rings. The summed E-state index contributed by atoms with van der Waals surface area (Å²) in [7, 11) is 0. The highest BCUT2D eigenvalue weighted by molar-refractivity contribution is 5.44. The van der Waals surface area contributed by atoms with Crippen LogP contribution in [0.15, 0.2) is 111 Å². The van der Waals surface area contributed by atoms with Crippen LogP contribution in [0.3, 0.4) is 0 Å². The maximum atomic E-state index is 5.74. The van der Waals surface area contributed by atoms with Gasteiger partial charge in [0.25, 0.3) is 0 Å². The van der Waals surface area contributed by atoms with Crippen molar-refractivity contribution in [1.29, 1.82) is 0 Å². The van der Waals surface area contributed by atoms with Crippen molar-refractivity contribution in [3.05, 3.63) is 127 Å². The Balaban J connectivity index is 1.57. The van der Waals surface area contributed by atoms with E-state index in [1.54, 1.807) is 18.2 Å². The van der Waals surface area contributed by atoms with Crippen LogP contribution in [0, 0.1) is 0 Å². The van der Waals surface area contributed by atoms with E-state index >= 15 is 0 Å². The molecule has 3 aromatic carbocycles. The Bertz CT molecular complexity index is 1060. The van der Waals surface area contributed by atoms with Crippen molar-refractivity contribution in [2.45, 2.75) is 37.0 Å². The van der Waals surface area contributed by atoms with E-state index < -0.39 is 0 Å². The standard InChI is InChI=1S/C33H36O3/c1-4-23-34-30-13-7-26(8-14-30)27-19-21-33(22-20-27,28-9-15-31(16-10-28)35-24-5-2)29-11-17-32(18-12-29)36-25-6-3/h4-18,27H,1-3,19-25H2. The fraction of sp³-hybridized carbons (Fsp3) is 0.273. The molecule has 3 heteroatoms. The van der Waals surface area contributed by atoms with Crippen molar-refractivity contribution < 1.29 is 14.2 Å². The molecule has 3 aromatic rings. The summed E-state index contributed by atoms with van der Waals surface area (Å²) in [6.45, 7) is 12.7. The summed E-state index contributed by atoms with van der Waals surface area (Å²) < 4.78 is 17.1. The Morgan fingerprint density at radius 2 is 0.944 bits per heavy atom. The molecule has 0 unspecified atom stereocenters. The van der Waals surface area contributed by atoms with Gasteiger partial charge in [-0.2, -0.15) is 0 Å². The molecule has 0 bridgehead atoms. The molecule has 186 valence electrons. The van der Waals surface area contributed by atoms with Crippen LogP contribution in [-0.4, -0.2) is 19.8 Å². The maximum Gasteiger partial charge on any atom is 0.119 e. The summed E-state index contributed by atoms with van der Waals surface area (Å²) in [6, 6.07) is 25.8. The van der Waals surface area contributed by atoms with Crippen molar-refractivity contribution >= 4 is 0 Å². The van der Waals surface area contributed by atoms with Gasteiger partial charge in [-0.3, -0.25) is 0 Å². The molecule has 0 spiro atoms. The second-order valence-corrected chi connectivity index (χ2v) is 9.27. The number of ether oxygens (including phenoxy) is 3. The molecule has 1 aliphatic rings. The highest BCUT2D eigenvalue weighted by atomic mass is 16.5. The molecule has 0 radical (unpaired) electrons. The summed E-state index contributed by atoms with van der Waals surface area (Å²) >= 11 is 0. The molecular weight excluding hydrogens is 444 g/mol. The molecule has 3 nitrogen and oxygen atoms in total. The first-order valence-electron chi connectivity index (χ1n) is 12.7. The topological polar surface area (TPSA) is 27.7 Å². The van der Waals surface area contributed by atoms with E-state index in [1.807, 2.05) is 0 Å². The monoisotopic (exact) mass is 480 g/mol. The third-order valence-electron chi connectivity index (χ3n) is 7.11. The summed E-state index contributed by atoms with van der Waals surface area (Å²) in [5.74, 6) is 3.17. The fourth-order valence-electron chi connectivity index (χ4n) is 5.23. The van der Waals surface area contributed by atoms with Crippen molar-refractivity contribution in [1.82, 2.24) is 0 Å². The molecule has 0 saturated heterocycles. The van der Waals surface area contributed by atoms with Crippen LogP contribution in [0.5, 0.6) is 17.2 Å². The van der Waals surface area contributed by atoms with Gasteiger partial charge < -0.3 is 14.2 Å². The van der Waals surface area contributed by atoms with Crippen molar-refractivity contribution in [3.63, 3.8) is 0 Å². The Morgan fingerprint density at radius 3 is 1.31 bits per heavy atom. The Hall–Kier alpha value is -3.72. The van der Waals surface area contributed by atoms with Crippen LogP contribution in [0.1, 0.15) is 48.3 Å². The smallest absolute Gasteiger partial charge is 0.119 e. The molecule has 4 rings (SSSR count). The summed E-state index contributed by atoms with van der Waals surface area (Å²) in [5, 5.41) is 0. The summed E-state index contributed by atoms with van der Waals surface area (Å²) in [6.07, 6.45) is 9.70. The number of rotatable bonds is 12. The first-order chi connectivity index (χ1) is 17.7. The van der Waals surface area contributed by atoms with Gasteiger partial charge in [0.1, 0.15) is 37.1 Å². The molecule has 0 aliphatic heterocycles. The summed E-state index contributed by atoms with van der Waals surface area (Å²) in [5.41, 5.74) is 4.01. The minimum absolute atomic E-state index is 0.0442. The van der Waals surface area contributed by atoms with E-state index in [0.717, 1.165) is 42.9 Å². The number of hydrogen-bond donors (Lipinski definition) is 0.